The molecular formula is C14H19IN2OS. The number of hydrogen-bond donors (Lipinski definition) is 1. The molecule has 104 valence electrons. The molecule has 5 heteroatoms. The van der Waals surface area contributed by atoms with Crippen molar-refractivity contribution < 1.29 is 4.79 Å². The summed E-state index contributed by atoms with van der Waals surface area (Å²) in [5.41, 5.74) is 0.860. The molecule has 0 spiro atoms. The highest BCUT2D eigenvalue weighted by Gasteiger charge is 2.26. The minimum absolute atomic E-state index is 0.208. The topological polar surface area (TPSA) is 32.3 Å². The molecule has 1 saturated carbocycles. The number of hydrogen-bond acceptors (Lipinski definition) is 3. The maximum absolute atomic E-state index is 12.3. The lowest BCUT2D eigenvalue weighted by atomic mass is 10.0. The van der Waals surface area contributed by atoms with Gasteiger partial charge in [-0.15, -0.1) is 11.3 Å². The zero-order valence-corrected chi connectivity index (χ0v) is 13.9. The van der Waals surface area contributed by atoms with Crippen molar-refractivity contribution in [2.24, 2.45) is 5.92 Å². The Labute approximate surface area is 131 Å². The molecule has 1 aliphatic heterocycles. The Morgan fingerprint density at radius 3 is 2.68 bits per heavy atom. The maximum Gasteiger partial charge on any atom is 0.254 e. The van der Waals surface area contributed by atoms with E-state index in [1.54, 1.807) is 11.3 Å². The molecule has 3 nitrogen and oxygen atoms in total. The first-order chi connectivity index (χ1) is 9.22. The lowest BCUT2D eigenvalue weighted by molar-refractivity contribution is 0.0705. The van der Waals surface area contributed by atoms with Crippen LogP contribution in [0.2, 0.25) is 0 Å². The van der Waals surface area contributed by atoms with Crippen LogP contribution in [0.3, 0.4) is 0 Å². The lowest BCUT2D eigenvalue weighted by Gasteiger charge is -2.32. The van der Waals surface area contributed by atoms with Gasteiger partial charge in [0.15, 0.2) is 0 Å². The molecule has 1 saturated heterocycles. The van der Waals surface area contributed by atoms with Crippen LogP contribution in [-0.2, 0) is 0 Å². The Kier molecular flexibility index (Phi) is 4.44. The quantitative estimate of drug-likeness (QED) is 0.802. The van der Waals surface area contributed by atoms with Crippen molar-refractivity contribution >= 4 is 39.8 Å². The second kappa shape index (κ2) is 6.10. The number of nitrogens with zero attached hydrogens (tertiary/aromatic N) is 1. The predicted molar refractivity (Wildman–Crippen MR) is 86.7 cm³/mol. The van der Waals surface area contributed by atoms with Crippen LogP contribution in [0.15, 0.2) is 11.4 Å². The van der Waals surface area contributed by atoms with Crippen LogP contribution < -0.4 is 5.32 Å². The Hall–Kier alpha value is -0.140. The molecule has 0 unspecified atom stereocenters. The van der Waals surface area contributed by atoms with Crippen molar-refractivity contribution in [2.75, 3.05) is 19.6 Å². The number of rotatable bonds is 4. The van der Waals surface area contributed by atoms with E-state index >= 15 is 0 Å². The fraction of sp³-hybridized carbons (Fsp3) is 0.643. The molecule has 19 heavy (non-hydrogen) atoms. The Morgan fingerprint density at radius 1 is 1.37 bits per heavy atom. The molecule has 2 aliphatic rings. The first-order valence-corrected chi connectivity index (χ1v) is 8.95. The van der Waals surface area contributed by atoms with Crippen molar-refractivity contribution in [1.29, 1.82) is 0 Å². The number of amides is 1. The van der Waals surface area contributed by atoms with E-state index in [0.717, 1.165) is 37.4 Å². The summed E-state index contributed by atoms with van der Waals surface area (Å²) in [6, 6.07) is 2.61. The van der Waals surface area contributed by atoms with Crippen molar-refractivity contribution in [1.82, 2.24) is 10.2 Å². The molecule has 0 aromatic carbocycles. The van der Waals surface area contributed by atoms with Crippen LogP contribution in [-0.4, -0.2) is 36.5 Å². The van der Waals surface area contributed by atoms with E-state index in [1.165, 1.54) is 22.3 Å². The number of nitrogens with one attached hydrogen (secondary N) is 1. The number of halogens is 1. The van der Waals surface area contributed by atoms with Crippen LogP contribution in [0.1, 0.15) is 36.0 Å². The van der Waals surface area contributed by atoms with Crippen LogP contribution in [0, 0.1) is 8.80 Å². The van der Waals surface area contributed by atoms with Gasteiger partial charge in [-0.2, -0.15) is 0 Å². The molecule has 0 bridgehead atoms. The second-order valence-corrected chi connectivity index (χ2v) is 8.36. The molecule has 1 aromatic rings. The Balaban J connectivity index is 1.47. The summed E-state index contributed by atoms with van der Waals surface area (Å²) in [4.78, 5) is 14.3. The maximum atomic E-state index is 12.3. The number of likely N-dealkylation sites (tertiary alicyclic amines) is 1. The largest absolute Gasteiger partial charge is 0.339 e. The molecule has 2 heterocycles. The SMILES string of the molecule is O=C(c1csc(I)c1)N1CCC(NCC2CC2)CC1. The molecular weight excluding hydrogens is 371 g/mol. The van der Waals surface area contributed by atoms with Crippen LogP contribution in [0.4, 0.5) is 0 Å². The standard InChI is InChI=1S/C14H19IN2OS/c15-13-7-11(9-19-13)14(18)17-5-3-12(4-6-17)16-8-10-1-2-10/h7,9-10,12,16H,1-6,8H2. The van der Waals surface area contributed by atoms with Crippen molar-refractivity contribution in [3.63, 3.8) is 0 Å². The third-order valence-corrected chi connectivity index (χ3v) is 5.78. The van der Waals surface area contributed by atoms with E-state index in [-0.39, 0.29) is 5.91 Å². The number of piperidine rings is 1. The van der Waals surface area contributed by atoms with Gasteiger partial charge >= 0.3 is 0 Å². The zero-order valence-electron chi connectivity index (χ0n) is 10.9. The summed E-state index contributed by atoms with van der Waals surface area (Å²) in [5, 5.41) is 5.62. The summed E-state index contributed by atoms with van der Waals surface area (Å²) in [7, 11) is 0. The number of thiophene rings is 1. The normalized spacial score (nSPS) is 20.8. The van der Waals surface area contributed by atoms with E-state index in [0.29, 0.717) is 6.04 Å². The van der Waals surface area contributed by atoms with Gasteiger partial charge in [0, 0.05) is 24.5 Å². The average molecular weight is 390 g/mol. The third kappa shape index (κ3) is 3.70. The second-order valence-electron chi connectivity index (χ2n) is 5.56. The molecule has 3 rings (SSSR count). The van der Waals surface area contributed by atoms with Crippen molar-refractivity contribution in [2.45, 2.75) is 31.7 Å². The van der Waals surface area contributed by atoms with Gasteiger partial charge in [-0.05, 0) is 66.8 Å². The van der Waals surface area contributed by atoms with E-state index in [9.17, 15) is 4.79 Å². The molecule has 0 atom stereocenters. The van der Waals surface area contributed by atoms with E-state index in [1.807, 2.05) is 16.3 Å². The molecule has 1 aromatic heterocycles. The summed E-state index contributed by atoms with van der Waals surface area (Å²) >= 11 is 3.91. The van der Waals surface area contributed by atoms with E-state index in [4.69, 9.17) is 0 Å². The summed E-state index contributed by atoms with van der Waals surface area (Å²) < 4.78 is 1.18. The van der Waals surface area contributed by atoms with Gasteiger partial charge in [0.1, 0.15) is 0 Å². The van der Waals surface area contributed by atoms with Crippen molar-refractivity contribution in [3.8, 4) is 0 Å². The van der Waals surface area contributed by atoms with Crippen molar-refractivity contribution in [3.05, 3.63) is 19.9 Å². The predicted octanol–water partition coefficient (Wildman–Crippen LogP) is 2.96. The van der Waals surface area contributed by atoms with Crippen LogP contribution in [0.5, 0.6) is 0 Å². The highest BCUT2D eigenvalue weighted by molar-refractivity contribution is 14.1. The highest BCUT2D eigenvalue weighted by Crippen LogP contribution is 2.28. The van der Waals surface area contributed by atoms with Gasteiger partial charge < -0.3 is 10.2 Å². The Bertz CT molecular complexity index is 450. The smallest absolute Gasteiger partial charge is 0.254 e. The third-order valence-electron chi connectivity index (χ3n) is 3.99. The first kappa shape index (κ1) is 13.8. The van der Waals surface area contributed by atoms with Gasteiger partial charge in [-0.3, -0.25) is 4.79 Å². The molecule has 1 N–H and O–H groups in total. The highest BCUT2D eigenvalue weighted by atomic mass is 127. The van der Waals surface area contributed by atoms with E-state index in [2.05, 4.69) is 27.9 Å². The fourth-order valence-electron chi connectivity index (χ4n) is 2.55. The van der Waals surface area contributed by atoms with Gasteiger partial charge in [0.2, 0.25) is 0 Å². The molecule has 0 radical (unpaired) electrons. The molecule has 1 aliphatic carbocycles. The van der Waals surface area contributed by atoms with Gasteiger partial charge in [-0.25, -0.2) is 0 Å². The Morgan fingerprint density at radius 2 is 2.11 bits per heavy atom. The zero-order chi connectivity index (χ0) is 13.2. The minimum atomic E-state index is 0.208. The lowest BCUT2D eigenvalue weighted by Crippen LogP contribution is -2.45. The van der Waals surface area contributed by atoms with Gasteiger partial charge in [0.25, 0.3) is 5.91 Å². The van der Waals surface area contributed by atoms with Gasteiger partial charge in [0.05, 0.1) is 8.45 Å². The average Bonchev–Trinajstić information content (AvgIpc) is 3.17. The molecule has 2 fully saturated rings. The number of carbonyl (C=O) groups is 1. The summed E-state index contributed by atoms with van der Waals surface area (Å²) in [6.07, 6.45) is 5.00. The van der Waals surface area contributed by atoms with Gasteiger partial charge in [-0.1, -0.05) is 0 Å². The minimum Gasteiger partial charge on any atom is -0.339 e. The molecule has 1 amide bonds. The monoisotopic (exact) mass is 390 g/mol. The van der Waals surface area contributed by atoms with E-state index < -0.39 is 0 Å². The number of carbonyl (C=O) groups excluding carboxylic acids is 1. The summed E-state index contributed by atoms with van der Waals surface area (Å²) in [5.74, 6) is 1.15. The fourth-order valence-corrected chi connectivity index (χ4v) is 3.87. The van der Waals surface area contributed by atoms with Crippen LogP contribution in [0.25, 0.3) is 0 Å². The van der Waals surface area contributed by atoms with Crippen LogP contribution >= 0.6 is 33.9 Å². The first-order valence-electron chi connectivity index (χ1n) is 6.99. The summed E-state index contributed by atoms with van der Waals surface area (Å²) in [6.45, 7) is 2.97.